The molecule has 0 fully saturated rings. The highest BCUT2D eigenvalue weighted by Crippen LogP contribution is 2.34. The summed E-state index contributed by atoms with van der Waals surface area (Å²) in [4.78, 5) is 9.33. The molecule has 0 aliphatic rings. The lowest BCUT2D eigenvalue weighted by Gasteiger charge is -2.08. The van der Waals surface area contributed by atoms with Gasteiger partial charge in [-0.05, 0) is 6.07 Å². The lowest BCUT2D eigenvalue weighted by molar-refractivity contribution is -0.386. The van der Waals surface area contributed by atoms with Crippen molar-refractivity contribution in [1.82, 2.24) is 0 Å². The second-order valence-electron chi connectivity index (χ2n) is 2.91. The van der Waals surface area contributed by atoms with Crippen molar-refractivity contribution in [2.45, 2.75) is 12.7 Å². The van der Waals surface area contributed by atoms with Crippen LogP contribution in [-0.4, -0.2) is 4.92 Å². The van der Waals surface area contributed by atoms with E-state index in [2.05, 4.69) is 0 Å². The standard InChI is InChI=1S/C8H6F4N2O2/c9-6-1-4(8(10,11)12)2-7(14(15)16)5(6)3-13/h1-2H,3,13H2. The van der Waals surface area contributed by atoms with E-state index in [0.29, 0.717) is 0 Å². The molecule has 1 aromatic carbocycles. The van der Waals surface area contributed by atoms with Gasteiger partial charge in [-0.25, -0.2) is 4.39 Å². The Morgan fingerprint density at radius 2 is 1.94 bits per heavy atom. The van der Waals surface area contributed by atoms with Crippen LogP contribution in [0.25, 0.3) is 0 Å². The normalized spacial score (nSPS) is 11.6. The Bertz CT molecular complexity index is 431. The quantitative estimate of drug-likeness (QED) is 0.487. The summed E-state index contributed by atoms with van der Waals surface area (Å²) < 4.78 is 49.8. The van der Waals surface area contributed by atoms with E-state index in [0.717, 1.165) is 0 Å². The average molecular weight is 238 g/mol. The summed E-state index contributed by atoms with van der Waals surface area (Å²) in [5, 5.41) is 10.4. The maximum Gasteiger partial charge on any atom is 0.416 e. The summed E-state index contributed by atoms with van der Waals surface area (Å²) in [5.74, 6) is -1.33. The zero-order valence-electron chi connectivity index (χ0n) is 7.71. The molecule has 0 spiro atoms. The second kappa shape index (κ2) is 4.05. The van der Waals surface area contributed by atoms with Crippen LogP contribution in [0.2, 0.25) is 0 Å². The van der Waals surface area contributed by atoms with Gasteiger partial charge in [0.25, 0.3) is 5.69 Å². The Hall–Kier alpha value is -1.70. The molecular weight excluding hydrogens is 232 g/mol. The van der Waals surface area contributed by atoms with Gasteiger partial charge >= 0.3 is 6.18 Å². The SMILES string of the molecule is NCc1c(F)cc(C(F)(F)F)cc1[N+](=O)[O-]. The van der Waals surface area contributed by atoms with Crippen LogP contribution in [0.5, 0.6) is 0 Å². The van der Waals surface area contributed by atoms with Crippen LogP contribution in [0.3, 0.4) is 0 Å². The van der Waals surface area contributed by atoms with E-state index in [1.54, 1.807) is 0 Å². The first-order valence-corrected chi connectivity index (χ1v) is 4.01. The van der Waals surface area contributed by atoms with Crippen molar-refractivity contribution in [1.29, 1.82) is 0 Å². The molecule has 1 rings (SSSR count). The first-order valence-electron chi connectivity index (χ1n) is 4.01. The Kier molecular flexibility index (Phi) is 3.13. The number of nitrogens with two attached hydrogens (primary N) is 1. The van der Waals surface area contributed by atoms with Crippen LogP contribution < -0.4 is 5.73 Å². The molecule has 0 aliphatic heterocycles. The van der Waals surface area contributed by atoms with Gasteiger partial charge in [-0.3, -0.25) is 10.1 Å². The number of nitro groups is 1. The van der Waals surface area contributed by atoms with E-state index in [9.17, 15) is 27.7 Å². The Morgan fingerprint density at radius 3 is 2.31 bits per heavy atom. The fourth-order valence-electron chi connectivity index (χ4n) is 1.15. The minimum Gasteiger partial charge on any atom is -0.326 e. The smallest absolute Gasteiger partial charge is 0.326 e. The van der Waals surface area contributed by atoms with Crippen molar-refractivity contribution in [2.24, 2.45) is 5.73 Å². The summed E-state index contributed by atoms with van der Waals surface area (Å²) in [6.07, 6.45) is -4.83. The fraction of sp³-hybridized carbons (Fsp3) is 0.250. The number of hydrogen-bond donors (Lipinski definition) is 1. The van der Waals surface area contributed by atoms with Gasteiger partial charge in [0, 0.05) is 12.6 Å². The molecule has 0 unspecified atom stereocenters. The number of halogens is 4. The molecule has 88 valence electrons. The van der Waals surface area contributed by atoms with E-state index in [4.69, 9.17) is 5.73 Å². The van der Waals surface area contributed by atoms with Gasteiger partial charge in [-0.15, -0.1) is 0 Å². The van der Waals surface area contributed by atoms with Gasteiger partial charge in [-0.1, -0.05) is 0 Å². The third kappa shape index (κ3) is 2.27. The highest BCUT2D eigenvalue weighted by Gasteiger charge is 2.34. The summed E-state index contributed by atoms with van der Waals surface area (Å²) in [6, 6.07) is 0.459. The number of nitrogens with zero attached hydrogens (tertiary/aromatic N) is 1. The predicted molar refractivity (Wildman–Crippen MR) is 45.9 cm³/mol. The minimum atomic E-state index is -4.83. The van der Waals surface area contributed by atoms with Crippen molar-refractivity contribution < 1.29 is 22.5 Å². The Balaban J connectivity index is 3.46. The van der Waals surface area contributed by atoms with Crippen molar-refractivity contribution in [3.8, 4) is 0 Å². The topological polar surface area (TPSA) is 69.2 Å². The first-order chi connectivity index (χ1) is 7.27. The van der Waals surface area contributed by atoms with Gasteiger partial charge < -0.3 is 5.73 Å². The lowest BCUT2D eigenvalue weighted by atomic mass is 10.1. The summed E-state index contributed by atoms with van der Waals surface area (Å²) >= 11 is 0. The predicted octanol–water partition coefficient (Wildman–Crippen LogP) is 2.21. The first kappa shape index (κ1) is 12.4. The number of hydrogen-bond acceptors (Lipinski definition) is 3. The third-order valence-corrected chi connectivity index (χ3v) is 1.90. The molecule has 2 N–H and O–H groups in total. The fourth-order valence-corrected chi connectivity index (χ4v) is 1.15. The third-order valence-electron chi connectivity index (χ3n) is 1.90. The second-order valence-corrected chi connectivity index (χ2v) is 2.91. The zero-order valence-corrected chi connectivity index (χ0v) is 7.71. The minimum absolute atomic E-state index is 0.190. The van der Waals surface area contributed by atoms with E-state index in [1.165, 1.54) is 0 Å². The van der Waals surface area contributed by atoms with Crippen LogP contribution in [-0.2, 0) is 12.7 Å². The van der Waals surface area contributed by atoms with Crippen LogP contribution >= 0.6 is 0 Å². The van der Waals surface area contributed by atoms with Gasteiger partial charge in [0.1, 0.15) is 5.82 Å². The molecule has 8 heteroatoms. The van der Waals surface area contributed by atoms with E-state index in [-0.39, 0.29) is 12.1 Å². The molecule has 0 aromatic heterocycles. The van der Waals surface area contributed by atoms with Crippen LogP contribution in [0.4, 0.5) is 23.2 Å². The lowest BCUT2D eigenvalue weighted by Crippen LogP contribution is -2.11. The highest BCUT2D eigenvalue weighted by molar-refractivity contribution is 5.45. The van der Waals surface area contributed by atoms with Crippen LogP contribution in [0, 0.1) is 15.9 Å². The molecule has 0 atom stereocenters. The summed E-state index contributed by atoms with van der Waals surface area (Å²) in [7, 11) is 0. The largest absolute Gasteiger partial charge is 0.416 e. The van der Waals surface area contributed by atoms with Crippen molar-refractivity contribution >= 4 is 5.69 Å². The number of rotatable bonds is 2. The van der Waals surface area contributed by atoms with Crippen molar-refractivity contribution in [2.75, 3.05) is 0 Å². The molecule has 0 heterocycles. The van der Waals surface area contributed by atoms with E-state index in [1.807, 2.05) is 0 Å². The van der Waals surface area contributed by atoms with Crippen molar-refractivity contribution in [3.05, 3.63) is 39.2 Å². The average Bonchev–Trinajstić information content (AvgIpc) is 2.14. The molecule has 0 saturated carbocycles. The van der Waals surface area contributed by atoms with Gasteiger partial charge in [0.15, 0.2) is 0 Å². The molecule has 0 radical (unpaired) electrons. The van der Waals surface area contributed by atoms with Gasteiger partial charge in [0.05, 0.1) is 16.1 Å². The molecule has 0 bridgehead atoms. The van der Waals surface area contributed by atoms with E-state index < -0.39 is 40.3 Å². The molecule has 4 nitrogen and oxygen atoms in total. The van der Waals surface area contributed by atoms with Gasteiger partial charge in [-0.2, -0.15) is 13.2 Å². The Morgan fingerprint density at radius 1 is 1.38 bits per heavy atom. The van der Waals surface area contributed by atoms with Crippen molar-refractivity contribution in [3.63, 3.8) is 0 Å². The van der Waals surface area contributed by atoms with E-state index >= 15 is 0 Å². The zero-order chi connectivity index (χ0) is 12.5. The number of nitro benzene ring substituents is 1. The number of benzene rings is 1. The van der Waals surface area contributed by atoms with Crippen LogP contribution in [0.15, 0.2) is 12.1 Å². The Labute approximate surface area is 86.8 Å². The number of alkyl halides is 3. The maximum absolute atomic E-state index is 13.1. The summed E-state index contributed by atoms with van der Waals surface area (Å²) in [6.45, 7) is -0.541. The summed E-state index contributed by atoms with van der Waals surface area (Å²) in [5.41, 5.74) is 2.11. The maximum atomic E-state index is 13.1. The monoisotopic (exact) mass is 238 g/mol. The molecule has 1 aromatic rings. The molecule has 0 amide bonds. The molecule has 16 heavy (non-hydrogen) atoms. The molecular formula is C8H6F4N2O2. The molecule has 0 saturated heterocycles. The molecule has 0 aliphatic carbocycles. The van der Waals surface area contributed by atoms with Gasteiger partial charge in [0.2, 0.25) is 0 Å². The highest BCUT2D eigenvalue weighted by atomic mass is 19.4. The van der Waals surface area contributed by atoms with Crippen LogP contribution in [0.1, 0.15) is 11.1 Å².